The first kappa shape index (κ1) is 15.2. The molecule has 0 spiro atoms. The Bertz CT molecular complexity index is 281. The molecular formula is C14H27NO4. The van der Waals surface area contributed by atoms with E-state index in [0.717, 1.165) is 32.6 Å². The van der Waals surface area contributed by atoms with Crippen LogP contribution in [0.25, 0.3) is 0 Å². The first-order chi connectivity index (χ1) is 9.06. The fourth-order valence-corrected chi connectivity index (χ4v) is 3.52. The van der Waals surface area contributed by atoms with E-state index >= 15 is 0 Å². The third kappa shape index (κ3) is 3.11. The molecule has 2 saturated heterocycles. The molecule has 2 aliphatic rings. The molecule has 2 fully saturated rings. The van der Waals surface area contributed by atoms with E-state index in [1.54, 1.807) is 0 Å². The zero-order valence-corrected chi connectivity index (χ0v) is 11.9. The Labute approximate surface area is 115 Å². The van der Waals surface area contributed by atoms with E-state index in [4.69, 9.17) is 4.74 Å². The van der Waals surface area contributed by atoms with Gasteiger partial charge in [-0.05, 0) is 24.7 Å². The average Bonchev–Trinajstić information content (AvgIpc) is 2.62. The molecular weight excluding hydrogens is 246 g/mol. The minimum absolute atomic E-state index is 0.0741. The number of hydrogen-bond donors (Lipinski definition) is 3. The van der Waals surface area contributed by atoms with Gasteiger partial charge in [0.1, 0.15) is 0 Å². The Morgan fingerprint density at radius 1 is 1.16 bits per heavy atom. The van der Waals surface area contributed by atoms with Crippen LogP contribution >= 0.6 is 0 Å². The highest BCUT2D eigenvalue weighted by Crippen LogP contribution is 2.32. The molecule has 19 heavy (non-hydrogen) atoms. The first-order valence-electron chi connectivity index (χ1n) is 7.36. The minimum Gasteiger partial charge on any atom is -0.395 e. The lowest BCUT2D eigenvalue weighted by Crippen LogP contribution is -2.46. The van der Waals surface area contributed by atoms with Crippen LogP contribution in [0.2, 0.25) is 0 Å². The fraction of sp³-hybridized carbons (Fsp3) is 1.00. The van der Waals surface area contributed by atoms with Crippen LogP contribution in [-0.4, -0.2) is 70.9 Å². The predicted octanol–water partition coefficient (Wildman–Crippen LogP) is -0.164. The number of rotatable bonds is 4. The van der Waals surface area contributed by atoms with E-state index in [0.29, 0.717) is 5.92 Å². The Balaban J connectivity index is 2.08. The van der Waals surface area contributed by atoms with E-state index in [1.165, 1.54) is 0 Å². The van der Waals surface area contributed by atoms with Gasteiger partial charge >= 0.3 is 0 Å². The third-order valence-corrected chi connectivity index (χ3v) is 4.58. The summed E-state index contributed by atoms with van der Waals surface area (Å²) < 4.78 is 5.37. The molecule has 0 aromatic heterocycles. The van der Waals surface area contributed by atoms with Crippen molar-refractivity contribution in [3.05, 3.63) is 0 Å². The number of aliphatic hydroxyl groups is 3. The zero-order valence-electron chi connectivity index (χ0n) is 11.9. The van der Waals surface area contributed by atoms with Gasteiger partial charge < -0.3 is 20.1 Å². The largest absolute Gasteiger partial charge is 0.395 e. The molecule has 0 aliphatic carbocycles. The van der Waals surface area contributed by atoms with Gasteiger partial charge in [-0.2, -0.15) is 0 Å². The van der Waals surface area contributed by atoms with E-state index in [2.05, 4.69) is 18.7 Å². The second kappa shape index (κ2) is 6.50. The standard InChI is InChI=1S/C14H27NO4/c1-9(2)12-14(18)13(17)11(8-16)15(12)7-10-3-5-19-6-4-10/h9-14,16-18H,3-8H2,1-2H3/t11-,12+,13-,14+/m1/s1. The summed E-state index contributed by atoms with van der Waals surface area (Å²) in [6.07, 6.45) is 0.423. The Kier molecular flexibility index (Phi) is 5.20. The zero-order chi connectivity index (χ0) is 14.0. The maximum absolute atomic E-state index is 10.2. The quantitative estimate of drug-likeness (QED) is 0.663. The van der Waals surface area contributed by atoms with Crippen LogP contribution in [0.4, 0.5) is 0 Å². The monoisotopic (exact) mass is 273 g/mol. The second-order valence-corrected chi connectivity index (χ2v) is 6.22. The van der Waals surface area contributed by atoms with Crippen LogP contribution in [0, 0.1) is 11.8 Å². The van der Waals surface area contributed by atoms with Crippen molar-refractivity contribution in [3.8, 4) is 0 Å². The maximum atomic E-state index is 10.2. The Morgan fingerprint density at radius 2 is 1.79 bits per heavy atom. The molecule has 2 heterocycles. The van der Waals surface area contributed by atoms with Gasteiger partial charge in [0, 0.05) is 25.8 Å². The van der Waals surface area contributed by atoms with Gasteiger partial charge in [-0.25, -0.2) is 0 Å². The summed E-state index contributed by atoms with van der Waals surface area (Å²) in [5, 5.41) is 29.8. The van der Waals surface area contributed by atoms with Gasteiger partial charge in [0.15, 0.2) is 0 Å². The number of likely N-dealkylation sites (tertiary alicyclic amines) is 1. The van der Waals surface area contributed by atoms with Crippen LogP contribution in [0.15, 0.2) is 0 Å². The molecule has 0 amide bonds. The van der Waals surface area contributed by atoms with Gasteiger partial charge in [0.25, 0.3) is 0 Å². The maximum Gasteiger partial charge on any atom is 0.0991 e. The number of ether oxygens (including phenoxy) is 1. The molecule has 4 atom stereocenters. The Hall–Kier alpha value is -0.200. The van der Waals surface area contributed by atoms with Crippen molar-refractivity contribution in [1.29, 1.82) is 0 Å². The summed E-state index contributed by atoms with van der Waals surface area (Å²) in [4.78, 5) is 2.12. The van der Waals surface area contributed by atoms with Crippen molar-refractivity contribution in [3.63, 3.8) is 0 Å². The molecule has 112 valence electrons. The van der Waals surface area contributed by atoms with Crippen molar-refractivity contribution in [2.75, 3.05) is 26.4 Å². The highest BCUT2D eigenvalue weighted by atomic mass is 16.5. The van der Waals surface area contributed by atoms with Gasteiger partial charge in [0.05, 0.1) is 24.9 Å². The fourth-order valence-electron chi connectivity index (χ4n) is 3.52. The van der Waals surface area contributed by atoms with E-state index in [1.807, 2.05) is 0 Å². The van der Waals surface area contributed by atoms with Crippen molar-refractivity contribution in [2.24, 2.45) is 11.8 Å². The molecule has 0 radical (unpaired) electrons. The minimum atomic E-state index is -0.850. The molecule has 2 rings (SSSR count). The lowest BCUT2D eigenvalue weighted by molar-refractivity contribution is 0.0139. The smallest absolute Gasteiger partial charge is 0.0991 e. The summed E-state index contributed by atoms with van der Waals surface area (Å²) >= 11 is 0. The van der Waals surface area contributed by atoms with Crippen LogP contribution in [0.5, 0.6) is 0 Å². The summed E-state index contributed by atoms with van der Waals surface area (Å²) in [5.41, 5.74) is 0. The molecule has 0 bridgehead atoms. The van der Waals surface area contributed by atoms with E-state index in [9.17, 15) is 15.3 Å². The first-order valence-corrected chi connectivity index (χ1v) is 7.36. The summed E-state index contributed by atoms with van der Waals surface area (Å²) in [6, 6.07) is -0.416. The predicted molar refractivity (Wildman–Crippen MR) is 71.8 cm³/mol. The summed E-state index contributed by atoms with van der Waals surface area (Å²) in [5.74, 6) is 0.780. The average molecular weight is 273 g/mol. The summed E-state index contributed by atoms with van der Waals surface area (Å²) in [7, 11) is 0. The van der Waals surface area contributed by atoms with Crippen LogP contribution in [0.3, 0.4) is 0 Å². The van der Waals surface area contributed by atoms with Crippen molar-refractivity contribution in [1.82, 2.24) is 4.90 Å². The molecule has 2 aliphatic heterocycles. The lowest BCUT2D eigenvalue weighted by atomic mass is 9.95. The molecule has 5 nitrogen and oxygen atoms in total. The van der Waals surface area contributed by atoms with Gasteiger partial charge in [-0.1, -0.05) is 13.8 Å². The molecule has 5 heteroatoms. The molecule has 0 saturated carbocycles. The normalized spacial score (nSPS) is 38.2. The van der Waals surface area contributed by atoms with Crippen LogP contribution in [-0.2, 0) is 4.74 Å². The van der Waals surface area contributed by atoms with E-state index < -0.39 is 12.2 Å². The third-order valence-electron chi connectivity index (χ3n) is 4.58. The number of nitrogens with zero attached hydrogens (tertiary/aromatic N) is 1. The van der Waals surface area contributed by atoms with Crippen LogP contribution in [0.1, 0.15) is 26.7 Å². The molecule has 0 aromatic rings. The topological polar surface area (TPSA) is 73.2 Å². The second-order valence-electron chi connectivity index (χ2n) is 6.22. The molecule has 3 N–H and O–H groups in total. The SMILES string of the molecule is CC(C)[C@H]1[C@H](O)[C@H](O)[C@@H](CO)N1CC1CCOCC1. The van der Waals surface area contributed by atoms with Crippen LogP contribution < -0.4 is 0 Å². The highest BCUT2D eigenvalue weighted by molar-refractivity contribution is 5.02. The number of aliphatic hydroxyl groups excluding tert-OH is 3. The van der Waals surface area contributed by atoms with Crippen molar-refractivity contribution in [2.45, 2.75) is 51.0 Å². The molecule has 0 aromatic carbocycles. The van der Waals surface area contributed by atoms with Gasteiger partial charge in [-0.3, -0.25) is 4.90 Å². The lowest BCUT2D eigenvalue weighted by Gasteiger charge is -2.36. The van der Waals surface area contributed by atoms with Crippen molar-refractivity contribution < 1.29 is 20.1 Å². The molecule has 0 unspecified atom stereocenters. The van der Waals surface area contributed by atoms with Gasteiger partial charge in [0.2, 0.25) is 0 Å². The Morgan fingerprint density at radius 3 is 2.32 bits per heavy atom. The van der Waals surface area contributed by atoms with E-state index in [-0.39, 0.29) is 24.6 Å². The van der Waals surface area contributed by atoms with Crippen molar-refractivity contribution >= 4 is 0 Å². The number of hydrogen-bond acceptors (Lipinski definition) is 5. The highest BCUT2D eigenvalue weighted by Gasteiger charge is 2.48. The summed E-state index contributed by atoms with van der Waals surface area (Å²) in [6.45, 7) is 6.41. The van der Waals surface area contributed by atoms with Gasteiger partial charge in [-0.15, -0.1) is 0 Å².